The molecular formula is C18H21N3O. The van der Waals surface area contributed by atoms with Crippen molar-refractivity contribution in [3.63, 3.8) is 0 Å². The average molecular weight is 295 g/mol. The molecule has 1 unspecified atom stereocenters. The van der Waals surface area contributed by atoms with E-state index in [-0.39, 0.29) is 11.9 Å². The number of aromatic nitrogens is 1. The number of hydrogen-bond donors (Lipinski definition) is 1. The number of carbonyl (C=O) groups excluding carboxylic acids is 1. The molecule has 1 atom stereocenters. The van der Waals surface area contributed by atoms with Gasteiger partial charge in [0.05, 0.1) is 12.6 Å². The average Bonchev–Trinajstić information content (AvgIpc) is 3.02. The van der Waals surface area contributed by atoms with Crippen molar-refractivity contribution < 1.29 is 4.79 Å². The minimum Gasteiger partial charge on any atom is -0.352 e. The molecule has 0 saturated carbocycles. The van der Waals surface area contributed by atoms with E-state index in [0.29, 0.717) is 13.1 Å². The van der Waals surface area contributed by atoms with E-state index >= 15 is 0 Å². The van der Waals surface area contributed by atoms with Gasteiger partial charge in [0.1, 0.15) is 0 Å². The van der Waals surface area contributed by atoms with Gasteiger partial charge in [0.2, 0.25) is 5.91 Å². The minimum absolute atomic E-state index is 0.0424. The molecule has 0 spiro atoms. The summed E-state index contributed by atoms with van der Waals surface area (Å²) in [6, 6.07) is 14.7. The first-order valence-corrected chi connectivity index (χ1v) is 7.61. The quantitative estimate of drug-likeness (QED) is 0.859. The zero-order valence-electron chi connectivity index (χ0n) is 12.6. The Balaban J connectivity index is 1.86. The standard InChI is InChI=1S/C18H21N3O/c1-2-10-19-17(22)14-21-13-12-20-11-6-9-16(20)18(21)15-7-4-3-5-8-15/h2-9,11,18H,1,10,12-14H2,(H,19,22). The highest BCUT2D eigenvalue weighted by atomic mass is 16.2. The fourth-order valence-electron chi connectivity index (χ4n) is 3.05. The van der Waals surface area contributed by atoms with Crippen molar-refractivity contribution in [1.29, 1.82) is 0 Å². The number of rotatable bonds is 5. The highest BCUT2D eigenvalue weighted by Crippen LogP contribution is 2.31. The van der Waals surface area contributed by atoms with Crippen molar-refractivity contribution >= 4 is 5.91 Å². The van der Waals surface area contributed by atoms with Gasteiger partial charge >= 0.3 is 0 Å². The van der Waals surface area contributed by atoms with E-state index in [0.717, 1.165) is 13.1 Å². The first kappa shape index (κ1) is 14.6. The van der Waals surface area contributed by atoms with E-state index in [2.05, 4.69) is 51.8 Å². The lowest BCUT2D eigenvalue weighted by atomic mass is 10.00. The third-order valence-electron chi connectivity index (χ3n) is 4.04. The van der Waals surface area contributed by atoms with Gasteiger partial charge in [-0.1, -0.05) is 36.4 Å². The number of benzene rings is 1. The van der Waals surface area contributed by atoms with Crippen molar-refractivity contribution in [1.82, 2.24) is 14.8 Å². The molecule has 2 heterocycles. The lowest BCUT2D eigenvalue weighted by Gasteiger charge is -2.36. The van der Waals surface area contributed by atoms with Crippen LogP contribution in [0.25, 0.3) is 0 Å². The monoisotopic (exact) mass is 295 g/mol. The van der Waals surface area contributed by atoms with Crippen molar-refractivity contribution in [2.45, 2.75) is 12.6 Å². The molecule has 114 valence electrons. The van der Waals surface area contributed by atoms with Gasteiger partial charge in [-0.2, -0.15) is 0 Å². The number of hydrogen-bond acceptors (Lipinski definition) is 2. The van der Waals surface area contributed by atoms with Crippen LogP contribution in [-0.4, -0.2) is 35.0 Å². The molecule has 1 aliphatic rings. The number of nitrogens with one attached hydrogen (secondary N) is 1. The smallest absolute Gasteiger partial charge is 0.234 e. The molecule has 22 heavy (non-hydrogen) atoms. The van der Waals surface area contributed by atoms with Crippen molar-refractivity contribution in [2.75, 3.05) is 19.6 Å². The molecule has 4 nitrogen and oxygen atoms in total. The van der Waals surface area contributed by atoms with E-state index in [1.807, 2.05) is 18.2 Å². The van der Waals surface area contributed by atoms with Crippen LogP contribution in [0.5, 0.6) is 0 Å². The van der Waals surface area contributed by atoms with Gasteiger partial charge in [-0.25, -0.2) is 0 Å². The fraction of sp³-hybridized carbons (Fsp3) is 0.278. The van der Waals surface area contributed by atoms with E-state index in [9.17, 15) is 4.79 Å². The number of fused-ring (bicyclic) bond motifs is 1. The zero-order valence-corrected chi connectivity index (χ0v) is 12.6. The Kier molecular flexibility index (Phi) is 4.39. The maximum Gasteiger partial charge on any atom is 0.234 e. The topological polar surface area (TPSA) is 37.3 Å². The van der Waals surface area contributed by atoms with Gasteiger partial charge in [0.25, 0.3) is 0 Å². The lowest BCUT2D eigenvalue weighted by Crippen LogP contribution is -2.44. The largest absolute Gasteiger partial charge is 0.352 e. The SMILES string of the molecule is C=CCNC(=O)CN1CCn2cccc2C1c1ccccc1. The third-order valence-corrected chi connectivity index (χ3v) is 4.04. The highest BCUT2D eigenvalue weighted by Gasteiger charge is 2.29. The molecule has 0 fully saturated rings. The summed E-state index contributed by atoms with van der Waals surface area (Å²) < 4.78 is 2.27. The summed E-state index contributed by atoms with van der Waals surface area (Å²) in [7, 11) is 0. The van der Waals surface area contributed by atoms with Crippen molar-refractivity contribution in [3.8, 4) is 0 Å². The molecular weight excluding hydrogens is 274 g/mol. The molecule has 1 amide bonds. The maximum absolute atomic E-state index is 12.1. The van der Waals surface area contributed by atoms with E-state index < -0.39 is 0 Å². The number of amides is 1. The normalized spacial score (nSPS) is 17.7. The van der Waals surface area contributed by atoms with Gasteiger partial charge in [-0.05, 0) is 17.7 Å². The lowest BCUT2D eigenvalue weighted by molar-refractivity contribution is -0.122. The van der Waals surface area contributed by atoms with E-state index in [4.69, 9.17) is 0 Å². The predicted octanol–water partition coefficient (Wildman–Crippen LogP) is 2.20. The molecule has 1 N–H and O–H groups in total. The minimum atomic E-state index is 0.0424. The second kappa shape index (κ2) is 6.62. The van der Waals surface area contributed by atoms with Gasteiger partial charge in [-0.15, -0.1) is 6.58 Å². The second-order valence-corrected chi connectivity index (χ2v) is 5.50. The first-order chi connectivity index (χ1) is 10.8. The molecule has 0 aliphatic carbocycles. The molecule has 0 radical (unpaired) electrons. The second-order valence-electron chi connectivity index (χ2n) is 5.50. The van der Waals surface area contributed by atoms with Gasteiger partial charge in [-0.3, -0.25) is 9.69 Å². The van der Waals surface area contributed by atoms with Crippen LogP contribution < -0.4 is 5.32 Å². The predicted molar refractivity (Wildman–Crippen MR) is 87.5 cm³/mol. The van der Waals surface area contributed by atoms with Gasteiger partial charge in [0.15, 0.2) is 0 Å². The Morgan fingerprint density at radius 1 is 1.23 bits per heavy atom. The van der Waals surface area contributed by atoms with Crippen LogP contribution in [-0.2, 0) is 11.3 Å². The Bertz CT molecular complexity index is 647. The van der Waals surface area contributed by atoms with Crippen LogP contribution in [0.15, 0.2) is 61.3 Å². The molecule has 1 aromatic carbocycles. The number of carbonyl (C=O) groups is 1. The summed E-state index contributed by atoms with van der Waals surface area (Å²) in [5.74, 6) is 0.0424. The highest BCUT2D eigenvalue weighted by molar-refractivity contribution is 5.78. The summed E-state index contributed by atoms with van der Waals surface area (Å²) in [4.78, 5) is 14.3. The molecule has 0 saturated heterocycles. The molecule has 1 aliphatic heterocycles. The fourth-order valence-corrected chi connectivity index (χ4v) is 3.05. The first-order valence-electron chi connectivity index (χ1n) is 7.61. The Hall–Kier alpha value is -2.33. The third kappa shape index (κ3) is 2.97. The van der Waals surface area contributed by atoms with E-state index in [1.54, 1.807) is 6.08 Å². The van der Waals surface area contributed by atoms with Gasteiger partial charge < -0.3 is 9.88 Å². The summed E-state index contributed by atoms with van der Waals surface area (Å²) in [5.41, 5.74) is 2.47. The summed E-state index contributed by atoms with van der Waals surface area (Å²) >= 11 is 0. The summed E-state index contributed by atoms with van der Waals surface area (Å²) in [5, 5.41) is 2.86. The van der Waals surface area contributed by atoms with E-state index in [1.165, 1.54) is 11.3 Å². The van der Waals surface area contributed by atoms with Crippen molar-refractivity contribution in [2.24, 2.45) is 0 Å². The van der Waals surface area contributed by atoms with Crippen LogP contribution in [0.3, 0.4) is 0 Å². The van der Waals surface area contributed by atoms with Crippen LogP contribution >= 0.6 is 0 Å². The summed E-state index contributed by atoms with van der Waals surface area (Å²) in [6.07, 6.45) is 3.81. The van der Waals surface area contributed by atoms with Crippen LogP contribution in [0.1, 0.15) is 17.3 Å². The Morgan fingerprint density at radius 3 is 2.82 bits per heavy atom. The van der Waals surface area contributed by atoms with Crippen LogP contribution in [0.2, 0.25) is 0 Å². The molecule has 1 aromatic heterocycles. The molecule has 2 aromatic rings. The Labute approximate surface area is 131 Å². The van der Waals surface area contributed by atoms with Crippen LogP contribution in [0.4, 0.5) is 0 Å². The maximum atomic E-state index is 12.1. The molecule has 3 rings (SSSR count). The number of nitrogens with zero attached hydrogens (tertiary/aromatic N) is 2. The van der Waals surface area contributed by atoms with Gasteiger partial charge in [0, 0.05) is 31.5 Å². The molecule has 4 heteroatoms. The Morgan fingerprint density at radius 2 is 2.05 bits per heavy atom. The van der Waals surface area contributed by atoms with Crippen LogP contribution in [0, 0.1) is 0 Å². The zero-order chi connectivity index (χ0) is 15.4. The molecule has 0 bridgehead atoms. The van der Waals surface area contributed by atoms with Crippen molar-refractivity contribution in [3.05, 3.63) is 72.6 Å². The summed E-state index contributed by atoms with van der Waals surface area (Å²) in [6.45, 7) is 6.33.